The zero-order chi connectivity index (χ0) is 23.1. The Balaban J connectivity index is 0.000000323. The van der Waals surface area contributed by atoms with E-state index >= 15 is 0 Å². The fourth-order valence-corrected chi connectivity index (χ4v) is 3.26. The molecular weight excluding hydrogens is 399 g/mol. The number of aromatic nitrogens is 1. The van der Waals surface area contributed by atoms with Gasteiger partial charge >= 0.3 is 0 Å². The first-order valence-corrected chi connectivity index (χ1v) is 10.0. The van der Waals surface area contributed by atoms with Crippen LogP contribution in [-0.2, 0) is 4.79 Å². The Kier molecular flexibility index (Phi) is 8.15. The lowest BCUT2D eigenvalue weighted by atomic mass is 10.0. The lowest BCUT2D eigenvalue weighted by Gasteiger charge is -2.04. The number of nitrogens with two attached hydrogens (primary N) is 1. The molecule has 0 saturated carbocycles. The van der Waals surface area contributed by atoms with Crippen molar-refractivity contribution < 1.29 is 19.1 Å². The van der Waals surface area contributed by atoms with Gasteiger partial charge in [-0.3, -0.25) is 9.59 Å². The van der Waals surface area contributed by atoms with Crippen molar-refractivity contribution in [3.05, 3.63) is 64.4 Å². The van der Waals surface area contributed by atoms with Crippen molar-refractivity contribution in [2.45, 2.75) is 33.6 Å². The van der Waals surface area contributed by atoms with Crippen LogP contribution >= 0.6 is 0 Å². The molecule has 0 bridgehead atoms. The number of fused-ring (bicyclic) bond motifs is 1. The third kappa shape index (κ3) is 5.82. The number of benzene rings is 1. The van der Waals surface area contributed by atoms with Crippen LogP contribution in [0.4, 0.5) is 10.1 Å². The smallest absolute Gasteiger partial charge is 0.256 e. The highest BCUT2D eigenvalue weighted by Gasteiger charge is 2.25. The second-order valence-corrected chi connectivity index (χ2v) is 7.23. The van der Waals surface area contributed by atoms with Crippen molar-refractivity contribution in [3.63, 3.8) is 0 Å². The highest BCUT2D eigenvalue weighted by molar-refractivity contribution is 6.34. The van der Waals surface area contributed by atoms with Crippen molar-refractivity contribution in [2.75, 3.05) is 18.5 Å². The third-order valence-electron chi connectivity index (χ3n) is 4.81. The molecule has 7 nitrogen and oxygen atoms in total. The molecule has 2 aromatic rings. The molecule has 1 aromatic heterocycles. The molecule has 0 radical (unpaired) electrons. The molecule has 0 atom stereocenters. The summed E-state index contributed by atoms with van der Waals surface area (Å²) < 4.78 is 13.4. The van der Waals surface area contributed by atoms with E-state index in [0.717, 1.165) is 18.7 Å². The molecule has 0 saturated heterocycles. The quantitative estimate of drug-likeness (QED) is 0.435. The van der Waals surface area contributed by atoms with Crippen LogP contribution in [-0.4, -0.2) is 35.1 Å². The molecule has 1 aliphatic heterocycles. The number of hydrogen-bond donors (Lipinski definition) is 5. The number of aliphatic hydroxyl groups is 1. The van der Waals surface area contributed by atoms with Crippen molar-refractivity contribution in [3.8, 4) is 0 Å². The minimum atomic E-state index is -0.529. The van der Waals surface area contributed by atoms with Gasteiger partial charge in [0.05, 0.1) is 11.1 Å². The number of amides is 2. The van der Waals surface area contributed by atoms with Crippen LogP contribution in [0.2, 0.25) is 0 Å². The number of primary amides is 1. The van der Waals surface area contributed by atoms with Crippen LogP contribution in [0, 0.1) is 19.7 Å². The summed E-state index contributed by atoms with van der Waals surface area (Å²) in [6, 6.07) is 4.11. The third-order valence-corrected chi connectivity index (χ3v) is 4.81. The van der Waals surface area contributed by atoms with Crippen molar-refractivity contribution in [2.24, 2.45) is 5.73 Å². The van der Waals surface area contributed by atoms with Gasteiger partial charge in [0.15, 0.2) is 0 Å². The molecule has 1 aromatic carbocycles. The number of rotatable bonds is 7. The highest BCUT2D eigenvalue weighted by Crippen LogP contribution is 2.34. The average molecular weight is 429 g/mol. The molecule has 31 heavy (non-hydrogen) atoms. The number of aryl methyl sites for hydroxylation is 1. The number of anilines is 1. The topological polar surface area (TPSA) is 120 Å². The fourth-order valence-electron chi connectivity index (χ4n) is 3.26. The molecule has 8 heteroatoms. The Hall–Kier alpha value is -3.39. The SMILES string of the molecule is C=C(CCO)NCCC.Cc1[nH]c(/C=C2\C(=O)Nc3ccc(F)cc32)c(C)c1C(N)=O. The summed E-state index contributed by atoms with van der Waals surface area (Å²) in [4.78, 5) is 26.6. The van der Waals surface area contributed by atoms with Gasteiger partial charge in [0, 0.05) is 47.9 Å². The molecule has 166 valence electrons. The maximum absolute atomic E-state index is 13.4. The van der Waals surface area contributed by atoms with E-state index in [9.17, 15) is 14.0 Å². The first-order valence-electron chi connectivity index (χ1n) is 10.0. The maximum atomic E-state index is 13.4. The van der Waals surface area contributed by atoms with E-state index in [2.05, 4.69) is 29.1 Å². The van der Waals surface area contributed by atoms with Crippen LogP contribution < -0.4 is 16.4 Å². The number of aliphatic hydroxyl groups excluding tert-OH is 1. The van der Waals surface area contributed by atoms with Crippen molar-refractivity contribution in [1.82, 2.24) is 10.3 Å². The van der Waals surface area contributed by atoms with Gasteiger partial charge in [-0.25, -0.2) is 4.39 Å². The average Bonchev–Trinajstić information content (AvgIpc) is 3.16. The number of hydrogen-bond acceptors (Lipinski definition) is 4. The van der Waals surface area contributed by atoms with Gasteiger partial charge in [0.2, 0.25) is 0 Å². The van der Waals surface area contributed by atoms with E-state index < -0.39 is 11.7 Å². The minimum Gasteiger partial charge on any atom is -0.396 e. The van der Waals surface area contributed by atoms with Crippen LogP contribution in [0.1, 0.15) is 52.6 Å². The molecule has 0 fully saturated rings. The largest absolute Gasteiger partial charge is 0.396 e. The summed E-state index contributed by atoms with van der Waals surface area (Å²) >= 11 is 0. The number of carbonyl (C=O) groups excluding carboxylic acids is 2. The summed E-state index contributed by atoms with van der Waals surface area (Å²) in [5.74, 6) is -1.26. The Morgan fingerprint density at radius 2 is 2.06 bits per heavy atom. The summed E-state index contributed by atoms with van der Waals surface area (Å²) in [6.45, 7) is 10.4. The molecule has 0 aliphatic carbocycles. The molecule has 6 N–H and O–H groups in total. The molecule has 0 unspecified atom stereocenters. The van der Waals surface area contributed by atoms with Gasteiger partial charge < -0.3 is 26.5 Å². The molecule has 0 spiro atoms. The lowest BCUT2D eigenvalue weighted by molar-refractivity contribution is -0.110. The Labute approximate surface area is 181 Å². The van der Waals surface area contributed by atoms with Gasteiger partial charge in [-0.2, -0.15) is 0 Å². The Morgan fingerprint density at radius 1 is 1.35 bits per heavy atom. The molecule has 1 aliphatic rings. The van der Waals surface area contributed by atoms with Gasteiger partial charge in [-0.1, -0.05) is 13.5 Å². The number of H-pyrrole nitrogens is 1. The molecule has 2 heterocycles. The maximum Gasteiger partial charge on any atom is 0.256 e. The van der Waals surface area contributed by atoms with Gasteiger partial charge in [-0.15, -0.1) is 0 Å². The van der Waals surface area contributed by atoms with E-state index in [1.165, 1.54) is 18.2 Å². The van der Waals surface area contributed by atoms with Crippen LogP contribution in [0.5, 0.6) is 0 Å². The Bertz CT molecular complexity index is 1020. The van der Waals surface area contributed by atoms with Crippen LogP contribution in [0.15, 0.2) is 30.5 Å². The minimum absolute atomic E-state index is 0.190. The number of halogens is 1. The van der Waals surface area contributed by atoms with Gasteiger partial charge in [0.1, 0.15) is 5.82 Å². The summed E-state index contributed by atoms with van der Waals surface area (Å²) in [5.41, 5.74) is 9.99. The summed E-state index contributed by atoms with van der Waals surface area (Å²) in [6.07, 6.45) is 3.37. The van der Waals surface area contributed by atoms with E-state index in [1.807, 2.05) is 0 Å². The van der Waals surface area contributed by atoms with E-state index in [-0.39, 0.29) is 12.5 Å². The molecule has 3 rings (SSSR count). The van der Waals surface area contributed by atoms with Crippen molar-refractivity contribution >= 4 is 29.2 Å². The van der Waals surface area contributed by atoms with Gasteiger partial charge in [0.25, 0.3) is 11.8 Å². The van der Waals surface area contributed by atoms with Crippen LogP contribution in [0.3, 0.4) is 0 Å². The normalized spacial score (nSPS) is 13.3. The van der Waals surface area contributed by atoms with E-state index in [0.29, 0.717) is 45.8 Å². The predicted molar refractivity (Wildman–Crippen MR) is 121 cm³/mol. The Morgan fingerprint density at radius 3 is 2.65 bits per heavy atom. The second-order valence-electron chi connectivity index (χ2n) is 7.23. The zero-order valence-electron chi connectivity index (χ0n) is 18.1. The monoisotopic (exact) mass is 428 g/mol. The van der Waals surface area contributed by atoms with Crippen molar-refractivity contribution in [1.29, 1.82) is 0 Å². The molecule has 2 amide bonds. The fraction of sp³-hybridized carbons (Fsp3) is 0.304. The predicted octanol–water partition coefficient (Wildman–Crippen LogP) is 3.24. The zero-order valence-corrected chi connectivity index (χ0v) is 18.1. The standard InChI is InChI=1S/C16H14FN3O2.C7H15NO/c1-7-13(19-8(2)14(7)15(18)21)6-11-10-5-9(17)3-4-12(10)20-16(11)22;1-3-5-8-7(2)4-6-9/h3-6,19H,1-2H3,(H2,18,21)(H,20,22);8-9H,2-6H2,1H3/b11-6-;. The first-order chi connectivity index (χ1) is 14.7. The van der Waals surface area contributed by atoms with E-state index in [1.54, 1.807) is 19.9 Å². The lowest BCUT2D eigenvalue weighted by Crippen LogP contribution is -2.13. The highest BCUT2D eigenvalue weighted by atomic mass is 19.1. The summed E-state index contributed by atoms with van der Waals surface area (Å²) in [7, 11) is 0. The number of aromatic amines is 1. The summed E-state index contributed by atoms with van der Waals surface area (Å²) in [5, 5.41) is 14.2. The van der Waals surface area contributed by atoms with Crippen LogP contribution in [0.25, 0.3) is 11.6 Å². The number of nitrogens with one attached hydrogen (secondary N) is 3. The van der Waals surface area contributed by atoms with E-state index in [4.69, 9.17) is 10.8 Å². The van der Waals surface area contributed by atoms with Gasteiger partial charge in [-0.05, 0) is 50.1 Å². The first kappa shape index (κ1) is 23.9. The second kappa shape index (κ2) is 10.6. The number of carbonyl (C=O) groups is 2. The molecular formula is C23H29FN4O3.